The molecule has 0 saturated heterocycles. The Morgan fingerprint density at radius 2 is 1.24 bits per heavy atom. The van der Waals surface area contributed by atoms with Crippen LogP contribution in [0.4, 0.5) is 0 Å². The summed E-state index contributed by atoms with van der Waals surface area (Å²) < 4.78 is 0. The molecule has 0 saturated carbocycles. The van der Waals surface area contributed by atoms with E-state index in [1.54, 1.807) is 13.8 Å². The van der Waals surface area contributed by atoms with Gasteiger partial charge < -0.3 is 74.5 Å². The van der Waals surface area contributed by atoms with E-state index in [0.717, 1.165) is 0 Å². The van der Waals surface area contributed by atoms with Crippen molar-refractivity contribution in [2.24, 2.45) is 28.1 Å². The topological polar surface area (TPSA) is 409 Å². The molecule has 0 aliphatic heterocycles. The van der Waals surface area contributed by atoms with E-state index in [-0.39, 0.29) is 37.7 Å². The molecule has 24 nitrogen and oxygen atoms in total. The van der Waals surface area contributed by atoms with Crippen LogP contribution in [0.15, 0.2) is 17.5 Å². The van der Waals surface area contributed by atoms with Gasteiger partial charge in [-0.2, -0.15) is 0 Å². The lowest BCUT2D eigenvalue weighted by molar-refractivity contribution is -0.142. The fourth-order valence-electron chi connectivity index (χ4n) is 4.69. The van der Waals surface area contributed by atoms with Gasteiger partial charge in [0.2, 0.25) is 35.4 Å². The number of nitrogens with zero attached hydrogens (tertiary/aromatic N) is 2. The van der Waals surface area contributed by atoms with E-state index in [9.17, 15) is 53.7 Å². The first-order valence-electron chi connectivity index (χ1n) is 17.1. The third-order valence-corrected chi connectivity index (χ3v) is 7.63. The number of H-pyrrole nitrogens is 1. The highest BCUT2D eigenvalue weighted by molar-refractivity contribution is 5.98. The fraction of sp³-hybridized carbons (Fsp3) is 0.613. The second kappa shape index (κ2) is 23.7. The Balaban J connectivity index is 3.22. The van der Waals surface area contributed by atoms with Crippen LogP contribution in [0.5, 0.6) is 0 Å². The van der Waals surface area contributed by atoms with Crippen molar-refractivity contribution in [3.63, 3.8) is 0 Å². The number of rotatable bonds is 25. The van der Waals surface area contributed by atoms with E-state index in [1.165, 1.54) is 19.4 Å². The maximum Gasteiger partial charge on any atom is 0.325 e. The smallest absolute Gasteiger partial charge is 0.325 e. The molecule has 1 aromatic rings. The molecular formula is C31H52N12O12. The van der Waals surface area contributed by atoms with Crippen molar-refractivity contribution in [3.05, 3.63) is 18.2 Å². The molecule has 0 aliphatic rings. The summed E-state index contributed by atoms with van der Waals surface area (Å²) in [5, 5.41) is 51.7. The van der Waals surface area contributed by atoms with Crippen LogP contribution in [0, 0.1) is 5.92 Å². The minimum absolute atomic E-state index is 0.0144. The van der Waals surface area contributed by atoms with E-state index in [0.29, 0.717) is 12.1 Å². The number of imidazole rings is 1. The van der Waals surface area contributed by atoms with Gasteiger partial charge in [-0.25, -0.2) is 4.98 Å². The number of aromatic nitrogens is 2. The first kappa shape index (κ1) is 47.1. The minimum atomic E-state index is -1.85. The number of aliphatic carboxylic acids is 2. The molecule has 7 atom stereocenters. The number of amides is 6. The van der Waals surface area contributed by atoms with Gasteiger partial charge >= 0.3 is 11.9 Å². The Bertz CT molecular complexity index is 1500. The number of carboxylic acids is 2. The minimum Gasteiger partial charge on any atom is -0.481 e. The largest absolute Gasteiger partial charge is 0.481 e. The highest BCUT2D eigenvalue weighted by atomic mass is 16.4. The Morgan fingerprint density at radius 1 is 0.745 bits per heavy atom. The van der Waals surface area contributed by atoms with Gasteiger partial charge in [-0.15, -0.1) is 0 Å². The summed E-state index contributed by atoms with van der Waals surface area (Å²) in [6, 6.07) is -10.5. The van der Waals surface area contributed by atoms with E-state index in [2.05, 4.69) is 46.9 Å². The Hall–Kier alpha value is -5.88. The van der Waals surface area contributed by atoms with Crippen molar-refractivity contribution in [2.45, 2.75) is 95.2 Å². The van der Waals surface area contributed by atoms with E-state index in [1.807, 2.05) is 0 Å². The number of aromatic amines is 1. The number of hydrogen-bond donors (Lipinski definition) is 14. The zero-order chi connectivity index (χ0) is 41.8. The molecular weight excluding hydrogens is 732 g/mol. The van der Waals surface area contributed by atoms with Crippen LogP contribution in [0.2, 0.25) is 0 Å². The number of nitrogens with one attached hydrogen (secondary N) is 7. The molecule has 55 heavy (non-hydrogen) atoms. The molecule has 17 N–H and O–H groups in total. The van der Waals surface area contributed by atoms with E-state index in [4.69, 9.17) is 22.3 Å². The zero-order valence-corrected chi connectivity index (χ0v) is 30.6. The fourth-order valence-corrected chi connectivity index (χ4v) is 4.69. The summed E-state index contributed by atoms with van der Waals surface area (Å²) in [5.74, 6) is -9.42. The predicted octanol–water partition coefficient (Wildman–Crippen LogP) is -6.15. The van der Waals surface area contributed by atoms with Crippen molar-refractivity contribution in [2.75, 3.05) is 19.8 Å². The summed E-state index contributed by atoms with van der Waals surface area (Å²) >= 11 is 0. The van der Waals surface area contributed by atoms with Crippen molar-refractivity contribution in [1.82, 2.24) is 41.9 Å². The van der Waals surface area contributed by atoms with Crippen LogP contribution < -0.4 is 49.1 Å². The van der Waals surface area contributed by atoms with Crippen LogP contribution in [0.1, 0.15) is 52.1 Å². The maximum absolute atomic E-state index is 13.7. The van der Waals surface area contributed by atoms with Crippen LogP contribution in [-0.2, 0) is 44.8 Å². The average molecular weight is 785 g/mol. The summed E-state index contributed by atoms with van der Waals surface area (Å²) in [6.45, 7) is 2.87. The lowest BCUT2D eigenvalue weighted by Gasteiger charge is -2.27. The molecule has 0 spiro atoms. The number of aliphatic imine (C=N–C) groups is 1. The Morgan fingerprint density at radius 3 is 1.75 bits per heavy atom. The van der Waals surface area contributed by atoms with Gasteiger partial charge in [-0.05, 0) is 32.1 Å². The number of carbonyl (C=O) groups excluding carboxylic acids is 6. The molecule has 1 heterocycles. The molecule has 1 aromatic heterocycles. The number of aliphatic hydroxyl groups is 2. The van der Waals surface area contributed by atoms with Gasteiger partial charge in [0.15, 0.2) is 5.96 Å². The third kappa shape index (κ3) is 17.7. The van der Waals surface area contributed by atoms with Gasteiger partial charge in [-0.3, -0.25) is 43.3 Å². The van der Waals surface area contributed by atoms with Crippen molar-refractivity contribution >= 4 is 53.3 Å². The molecule has 308 valence electrons. The third-order valence-electron chi connectivity index (χ3n) is 7.63. The number of aliphatic hydroxyl groups excluding tert-OH is 2. The van der Waals surface area contributed by atoms with Gasteiger partial charge in [-0.1, -0.05) is 13.8 Å². The number of nitrogens with two attached hydrogens (primary N) is 3. The van der Waals surface area contributed by atoms with Crippen molar-refractivity contribution in [3.8, 4) is 0 Å². The number of carboxylic acid groups (broad SMARTS) is 2. The van der Waals surface area contributed by atoms with Gasteiger partial charge in [0.25, 0.3) is 0 Å². The standard InChI is InChI=1S/C31H52N12O12/c1-14(2)7-18(25(49)43-21(11-44)28(52)38-15(3)30(54)55)39-26(50)19(8-16-10-35-13-37-16)40-27(51)20(9-23(46)47)41-29(53)22(12-45)42-24(48)17(32)5-4-6-36-31(33)34/h10,13-15,17-22,44-45H,4-9,11-12,32H2,1-3H3,(H,35,37)(H,38,52)(H,39,50)(H,40,51)(H,41,53)(H,42,48)(H,43,49)(H,46,47)(H,54,55)(H4,33,34,36)/t15-,17-,18-,19-,20-,21-,22-/m0/s1. The van der Waals surface area contributed by atoms with Crippen LogP contribution >= 0.6 is 0 Å². The zero-order valence-electron chi connectivity index (χ0n) is 30.6. The second-order valence-electron chi connectivity index (χ2n) is 12.8. The highest BCUT2D eigenvalue weighted by Crippen LogP contribution is 2.09. The van der Waals surface area contributed by atoms with Gasteiger partial charge in [0.1, 0.15) is 36.3 Å². The summed E-state index contributed by atoms with van der Waals surface area (Å²) in [6.07, 6.45) is 1.69. The lowest BCUT2D eigenvalue weighted by Crippen LogP contribution is -2.61. The average Bonchev–Trinajstić information content (AvgIpc) is 3.62. The summed E-state index contributed by atoms with van der Waals surface area (Å²) in [4.78, 5) is 112. The van der Waals surface area contributed by atoms with Crippen LogP contribution in [-0.4, -0.2) is 146 Å². The SMILES string of the molecule is CC(C)C[C@H](NC(=O)[C@H](Cc1cnc[nH]1)NC(=O)[C@H](CC(=O)O)NC(=O)[C@H](CO)NC(=O)[C@@H](N)CCCN=C(N)N)C(=O)N[C@@H](CO)C(=O)N[C@@H](C)C(=O)O. The van der Waals surface area contributed by atoms with Crippen molar-refractivity contribution in [1.29, 1.82) is 0 Å². The summed E-state index contributed by atoms with van der Waals surface area (Å²) in [7, 11) is 0. The lowest BCUT2D eigenvalue weighted by atomic mass is 10.0. The number of hydrogen-bond acceptors (Lipinski definition) is 13. The van der Waals surface area contributed by atoms with E-state index < -0.39 is 109 Å². The first-order chi connectivity index (χ1) is 25.8. The monoisotopic (exact) mass is 784 g/mol. The molecule has 0 aliphatic carbocycles. The molecule has 0 bridgehead atoms. The number of carbonyl (C=O) groups is 8. The second-order valence-corrected chi connectivity index (χ2v) is 12.8. The first-order valence-corrected chi connectivity index (χ1v) is 17.1. The highest BCUT2D eigenvalue weighted by Gasteiger charge is 2.34. The normalized spacial score (nSPS) is 14.7. The molecule has 0 unspecified atom stereocenters. The predicted molar refractivity (Wildman–Crippen MR) is 191 cm³/mol. The van der Waals surface area contributed by atoms with Crippen molar-refractivity contribution < 1.29 is 58.8 Å². The van der Waals surface area contributed by atoms with Gasteiger partial charge in [0, 0.05) is 24.9 Å². The van der Waals surface area contributed by atoms with Gasteiger partial charge in [0.05, 0.1) is 32.0 Å². The molecule has 0 aromatic carbocycles. The summed E-state index contributed by atoms with van der Waals surface area (Å²) in [5.41, 5.74) is 16.7. The molecule has 24 heteroatoms. The molecule has 1 rings (SSSR count). The van der Waals surface area contributed by atoms with Crippen LogP contribution in [0.3, 0.4) is 0 Å². The quantitative estimate of drug-likeness (QED) is 0.0249. The molecule has 0 fully saturated rings. The maximum atomic E-state index is 13.7. The van der Waals surface area contributed by atoms with E-state index >= 15 is 0 Å². The Kier molecular flexibility index (Phi) is 20.3. The number of guanidine groups is 1. The molecule has 0 radical (unpaired) electrons. The Labute approximate surface area is 315 Å². The molecule has 6 amide bonds. The van der Waals surface area contributed by atoms with Crippen LogP contribution in [0.25, 0.3) is 0 Å².